The smallest absolute Gasteiger partial charge is 0.183 e. The molecule has 0 radical (unpaired) electrons. The predicted octanol–water partition coefficient (Wildman–Crippen LogP) is 8.97. The summed E-state index contributed by atoms with van der Waals surface area (Å²) in [5.41, 5.74) is 9.01. The van der Waals surface area contributed by atoms with Crippen molar-refractivity contribution in [3.05, 3.63) is 121 Å². The highest BCUT2D eigenvalue weighted by molar-refractivity contribution is 6.15. The number of furan rings is 1. The fourth-order valence-corrected chi connectivity index (χ4v) is 6.10. The Kier molecular flexibility index (Phi) is 4.55. The van der Waals surface area contributed by atoms with Crippen LogP contribution in [0.4, 0.5) is 0 Å². The molecule has 5 aromatic carbocycles. The van der Waals surface area contributed by atoms with Crippen LogP contribution in [0.1, 0.15) is 0 Å². The molecule has 0 fully saturated rings. The Labute approximate surface area is 234 Å². The highest BCUT2D eigenvalue weighted by Crippen LogP contribution is 2.48. The van der Waals surface area contributed by atoms with Crippen molar-refractivity contribution >= 4 is 32.7 Å². The van der Waals surface area contributed by atoms with Gasteiger partial charge in [0.25, 0.3) is 0 Å². The molecule has 0 saturated carbocycles. The van der Waals surface area contributed by atoms with E-state index in [1.807, 2.05) is 60.7 Å². The number of pyridine rings is 1. The van der Waals surface area contributed by atoms with Crippen LogP contribution in [0.2, 0.25) is 0 Å². The molecule has 0 atom stereocenters. The molecule has 0 N–H and O–H groups in total. The Morgan fingerprint density at radius 1 is 0.463 bits per heavy atom. The first-order chi connectivity index (χ1) is 20.3. The maximum Gasteiger partial charge on any atom is 0.183 e. The summed E-state index contributed by atoms with van der Waals surface area (Å²) in [4.78, 5) is 19.7. The molecule has 41 heavy (non-hydrogen) atoms. The van der Waals surface area contributed by atoms with Crippen molar-refractivity contribution in [1.82, 2.24) is 19.9 Å². The van der Waals surface area contributed by atoms with Gasteiger partial charge in [-0.25, -0.2) is 15.0 Å². The van der Waals surface area contributed by atoms with E-state index in [9.17, 15) is 0 Å². The SMILES string of the molecule is c1ccc(-c2nc(-c3ccc4c(c3)-c3cccc5cccc-4c35)nc(-c3nccc4oc5ccccc5c34)n2)cc1. The summed E-state index contributed by atoms with van der Waals surface area (Å²) < 4.78 is 6.14. The molecule has 3 aromatic heterocycles. The first-order valence-corrected chi connectivity index (χ1v) is 13.6. The number of benzene rings is 5. The highest BCUT2D eigenvalue weighted by Gasteiger charge is 2.23. The maximum absolute atomic E-state index is 6.14. The lowest BCUT2D eigenvalue weighted by Crippen LogP contribution is -2.01. The molecular weight excluding hydrogens is 504 g/mol. The summed E-state index contributed by atoms with van der Waals surface area (Å²) in [5, 5.41) is 4.43. The van der Waals surface area contributed by atoms with Crippen molar-refractivity contribution in [2.24, 2.45) is 0 Å². The summed E-state index contributed by atoms with van der Waals surface area (Å²) in [6, 6.07) is 39.4. The normalized spacial score (nSPS) is 11.9. The van der Waals surface area contributed by atoms with Crippen LogP contribution >= 0.6 is 0 Å². The van der Waals surface area contributed by atoms with Gasteiger partial charge in [-0.1, -0.05) is 97.1 Å². The number of rotatable bonds is 3. The Morgan fingerprint density at radius 2 is 1.20 bits per heavy atom. The van der Waals surface area contributed by atoms with Crippen molar-refractivity contribution < 1.29 is 4.42 Å². The van der Waals surface area contributed by atoms with Crippen LogP contribution in [0.5, 0.6) is 0 Å². The van der Waals surface area contributed by atoms with Gasteiger partial charge in [0, 0.05) is 22.7 Å². The van der Waals surface area contributed by atoms with Crippen molar-refractivity contribution in [3.8, 4) is 56.5 Å². The zero-order chi connectivity index (χ0) is 26.9. The molecular formula is C36H20N4O. The molecule has 0 saturated heterocycles. The minimum Gasteiger partial charge on any atom is -0.456 e. The second-order valence-electron chi connectivity index (χ2n) is 10.3. The molecule has 1 aliphatic carbocycles. The van der Waals surface area contributed by atoms with Crippen LogP contribution in [0, 0.1) is 0 Å². The maximum atomic E-state index is 6.14. The molecule has 5 nitrogen and oxygen atoms in total. The topological polar surface area (TPSA) is 64.7 Å². The summed E-state index contributed by atoms with van der Waals surface area (Å²) >= 11 is 0. The van der Waals surface area contributed by atoms with Gasteiger partial charge < -0.3 is 4.42 Å². The van der Waals surface area contributed by atoms with Gasteiger partial charge >= 0.3 is 0 Å². The molecule has 0 spiro atoms. The summed E-state index contributed by atoms with van der Waals surface area (Å²) in [7, 11) is 0. The minimum absolute atomic E-state index is 0.511. The van der Waals surface area contributed by atoms with Crippen LogP contribution < -0.4 is 0 Å². The molecule has 1 aliphatic rings. The lowest BCUT2D eigenvalue weighted by Gasteiger charge is -2.10. The van der Waals surface area contributed by atoms with Crippen LogP contribution in [-0.4, -0.2) is 19.9 Å². The standard InChI is InChI=1S/C36H20N4O/c1-2-8-22(9-3-1)34-38-35(23-16-17-24-25-13-6-10-21-11-7-14-26(31(21)25)28(24)20-23)40-36(39-34)33-32-27-12-4-5-15-29(27)41-30(32)18-19-37-33/h1-20H. The first kappa shape index (κ1) is 22.2. The summed E-state index contributed by atoms with van der Waals surface area (Å²) in [6.07, 6.45) is 1.75. The van der Waals surface area contributed by atoms with Gasteiger partial charge in [0.15, 0.2) is 17.5 Å². The lowest BCUT2D eigenvalue weighted by molar-refractivity contribution is 0.668. The van der Waals surface area contributed by atoms with E-state index in [0.29, 0.717) is 23.2 Å². The molecule has 0 bridgehead atoms. The van der Waals surface area contributed by atoms with E-state index < -0.39 is 0 Å². The van der Waals surface area contributed by atoms with Crippen molar-refractivity contribution in [3.63, 3.8) is 0 Å². The molecule has 0 unspecified atom stereocenters. The predicted molar refractivity (Wildman–Crippen MR) is 163 cm³/mol. The van der Waals surface area contributed by atoms with E-state index in [0.717, 1.165) is 33.1 Å². The van der Waals surface area contributed by atoms with E-state index in [1.165, 1.54) is 33.0 Å². The third-order valence-electron chi connectivity index (χ3n) is 7.93. The zero-order valence-electron chi connectivity index (χ0n) is 21.7. The fourth-order valence-electron chi connectivity index (χ4n) is 6.10. The molecule has 8 aromatic rings. The molecule has 0 amide bonds. The van der Waals surface area contributed by atoms with E-state index in [4.69, 9.17) is 24.4 Å². The van der Waals surface area contributed by atoms with Crippen LogP contribution in [0.15, 0.2) is 126 Å². The van der Waals surface area contributed by atoms with Gasteiger partial charge in [0.1, 0.15) is 16.9 Å². The van der Waals surface area contributed by atoms with Gasteiger partial charge in [0.05, 0.1) is 5.39 Å². The Bertz CT molecular complexity index is 2320. The zero-order valence-corrected chi connectivity index (χ0v) is 21.7. The van der Waals surface area contributed by atoms with Crippen LogP contribution in [0.3, 0.4) is 0 Å². The van der Waals surface area contributed by atoms with Crippen molar-refractivity contribution in [1.29, 1.82) is 0 Å². The lowest BCUT2D eigenvalue weighted by atomic mass is 10.0. The van der Waals surface area contributed by atoms with Gasteiger partial charge in [-0.3, -0.25) is 4.98 Å². The van der Waals surface area contributed by atoms with Gasteiger partial charge in [-0.05, 0) is 51.2 Å². The van der Waals surface area contributed by atoms with Gasteiger partial charge in [-0.2, -0.15) is 0 Å². The molecule has 0 aliphatic heterocycles. The average molecular weight is 525 g/mol. The first-order valence-electron chi connectivity index (χ1n) is 13.6. The fraction of sp³-hybridized carbons (Fsp3) is 0. The van der Waals surface area contributed by atoms with E-state index in [2.05, 4.69) is 54.6 Å². The largest absolute Gasteiger partial charge is 0.456 e. The van der Waals surface area contributed by atoms with E-state index in [-0.39, 0.29) is 0 Å². The van der Waals surface area contributed by atoms with Gasteiger partial charge in [-0.15, -0.1) is 0 Å². The highest BCUT2D eigenvalue weighted by atomic mass is 16.3. The number of fused-ring (bicyclic) bond motifs is 6. The quantitative estimate of drug-likeness (QED) is 0.231. The molecule has 9 rings (SSSR count). The monoisotopic (exact) mass is 524 g/mol. The second-order valence-corrected chi connectivity index (χ2v) is 10.3. The Balaban J connectivity index is 1.29. The Hall–Kier alpha value is -5.68. The van der Waals surface area contributed by atoms with Crippen LogP contribution in [-0.2, 0) is 0 Å². The molecule has 190 valence electrons. The number of aromatic nitrogens is 4. The number of nitrogens with zero attached hydrogens (tertiary/aromatic N) is 4. The summed E-state index contributed by atoms with van der Waals surface area (Å²) in [6.45, 7) is 0. The average Bonchev–Trinajstić information content (AvgIpc) is 3.58. The second kappa shape index (κ2) is 8.41. The number of para-hydroxylation sites is 1. The molecule has 5 heteroatoms. The number of hydrogen-bond donors (Lipinski definition) is 0. The Morgan fingerprint density at radius 3 is 2.05 bits per heavy atom. The minimum atomic E-state index is 0.511. The summed E-state index contributed by atoms with van der Waals surface area (Å²) in [5.74, 6) is 1.71. The third-order valence-corrected chi connectivity index (χ3v) is 7.93. The number of hydrogen-bond acceptors (Lipinski definition) is 5. The van der Waals surface area contributed by atoms with Gasteiger partial charge in [0.2, 0.25) is 0 Å². The third kappa shape index (κ3) is 3.29. The van der Waals surface area contributed by atoms with E-state index in [1.54, 1.807) is 6.20 Å². The van der Waals surface area contributed by atoms with E-state index >= 15 is 0 Å². The van der Waals surface area contributed by atoms with Crippen molar-refractivity contribution in [2.45, 2.75) is 0 Å². The van der Waals surface area contributed by atoms with Crippen LogP contribution in [0.25, 0.3) is 89.3 Å². The molecule has 3 heterocycles. The van der Waals surface area contributed by atoms with Crippen molar-refractivity contribution in [2.75, 3.05) is 0 Å².